The van der Waals surface area contributed by atoms with Crippen LogP contribution in [-0.2, 0) is 9.16 Å². The summed E-state index contributed by atoms with van der Waals surface area (Å²) < 4.78 is 12.4. The molecule has 0 bridgehead atoms. The number of rotatable bonds is 5. The highest BCUT2D eigenvalue weighted by atomic mass is 35.5. The summed E-state index contributed by atoms with van der Waals surface area (Å²) in [6, 6.07) is 5.50. The summed E-state index contributed by atoms with van der Waals surface area (Å²) >= 11 is 6.35. The minimum Gasteiger partial charge on any atom is -0.444 e. The van der Waals surface area contributed by atoms with Crippen molar-refractivity contribution in [2.75, 3.05) is 18.4 Å². The third-order valence-corrected chi connectivity index (χ3v) is 11.4. The van der Waals surface area contributed by atoms with E-state index < -0.39 is 13.9 Å². The quantitative estimate of drug-likeness (QED) is 0.499. The molecule has 1 unspecified atom stereocenters. The van der Waals surface area contributed by atoms with Crippen molar-refractivity contribution in [3.8, 4) is 6.07 Å². The third-order valence-electron chi connectivity index (χ3n) is 6.37. The zero-order valence-electron chi connectivity index (χ0n) is 20.9. The predicted molar refractivity (Wildman–Crippen MR) is 133 cm³/mol. The maximum Gasteiger partial charge on any atom is 0.410 e. The van der Waals surface area contributed by atoms with Gasteiger partial charge in [-0.15, -0.1) is 0 Å². The molecule has 8 heteroatoms. The molecule has 1 aliphatic rings. The number of amides is 1. The summed E-state index contributed by atoms with van der Waals surface area (Å²) in [4.78, 5) is 14.8. The van der Waals surface area contributed by atoms with Gasteiger partial charge in [-0.2, -0.15) is 5.26 Å². The summed E-state index contributed by atoms with van der Waals surface area (Å²) in [5, 5.41) is 13.2. The highest BCUT2D eigenvalue weighted by Gasteiger charge is 2.45. The van der Waals surface area contributed by atoms with E-state index in [1.807, 2.05) is 33.8 Å². The molecule has 0 radical (unpaired) electrons. The van der Waals surface area contributed by atoms with Crippen molar-refractivity contribution < 1.29 is 14.0 Å². The lowest BCUT2D eigenvalue weighted by Gasteiger charge is -2.40. The van der Waals surface area contributed by atoms with E-state index in [9.17, 15) is 10.1 Å². The number of nitrogens with zero attached hydrogens (tertiary/aromatic N) is 2. The van der Waals surface area contributed by atoms with Crippen LogP contribution in [0.2, 0.25) is 23.2 Å². The van der Waals surface area contributed by atoms with Crippen LogP contribution in [-0.4, -0.2) is 50.1 Å². The van der Waals surface area contributed by atoms with E-state index in [4.69, 9.17) is 20.8 Å². The second-order valence-electron chi connectivity index (χ2n) is 11.0. The van der Waals surface area contributed by atoms with Gasteiger partial charge in [-0.25, -0.2) is 4.79 Å². The molecule has 0 aromatic heterocycles. The first kappa shape index (κ1) is 26.5. The second kappa shape index (κ2) is 9.62. The summed E-state index contributed by atoms with van der Waals surface area (Å²) in [6.45, 7) is 19.7. The second-order valence-corrected chi connectivity index (χ2v) is 16.2. The lowest BCUT2D eigenvalue weighted by Crippen LogP contribution is -2.51. The molecular formula is C24H38ClN3O3Si. The van der Waals surface area contributed by atoms with E-state index in [-0.39, 0.29) is 23.3 Å². The van der Waals surface area contributed by atoms with Gasteiger partial charge >= 0.3 is 6.09 Å². The number of nitrogens with one attached hydrogen (secondary N) is 1. The number of anilines is 1. The molecule has 32 heavy (non-hydrogen) atoms. The minimum absolute atomic E-state index is 0.0710. The van der Waals surface area contributed by atoms with Crippen LogP contribution < -0.4 is 5.32 Å². The Morgan fingerprint density at radius 2 is 1.91 bits per heavy atom. The van der Waals surface area contributed by atoms with Crippen molar-refractivity contribution in [1.29, 1.82) is 5.26 Å². The van der Waals surface area contributed by atoms with E-state index in [2.05, 4.69) is 45.3 Å². The van der Waals surface area contributed by atoms with Gasteiger partial charge in [0.15, 0.2) is 8.32 Å². The number of hydrogen-bond donors (Lipinski definition) is 1. The van der Waals surface area contributed by atoms with Crippen molar-refractivity contribution in [2.24, 2.45) is 0 Å². The zero-order valence-corrected chi connectivity index (χ0v) is 22.7. The normalized spacial score (nSPS) is 19.6. The van der Waals surface area contributed by atoms with Crippen molar-refractivity contribution in [2.45, 2.75) is 90.8 Å². The SMILES string of the molecule is Cc1c(NCC2[C@H](O[Si](C)(C)C(C)(C)C)CCN2C(=O)OC(C)(C)C)ccc(C#N)c1Cl. The summed E-state index contributed by atoms with van der Waals surface area (Å²) in [5.41, 5.74) is 1.54. The Kier molecular flexibility index (Phi) is 7.97. The highest BCUT2D eigenvalue weighted by Crippen LogP contribution is 2.39. The molecule has 2 rings (SSSR count). The van der Waals surface area contributed by atoms with Gasteiger partial charge in [0.05, 0.1) is 22.7 Å². The molecule has 1 fully saturated rings. The average molecular weight is 480 g/mol. The minimum atomic E-state index is -2.03. The number of halogens is 1. The van der Waals surface area contributed by atoms with Crippen LogP contribution in [0.1, 0.15) is 59.1 Å². The number of ether oxygens (including phenoxy) is 1. The molecule has 1 heterocycles. The first-order chi connectivity index (χ1) is 14.6. The molecule has 2 atom stereocenters. The number of carbonyl (C=O) groups excluding carboxylic acids is 1. The van der Waals surface area contributed by atoms with Crippen molar-refractivity contribution >= 4 is 31.7 Å². The maximum atomic E-state index is 13.0. The van der Waals surface area contributed by atoms with Crippen LogP contribution in [0, 0.1) is 18.3 Å². The lowest BCUT2D eigenvalue weighted by atomic mass is 10.1. The average Bonchev–Trinajstić information content (AvgIpc) is 3.02. The number of carbonyl (C=O) groups is 1. The number of benzene rings is 1. The maximum absolute atomic E-state index is 13.0. The largest absolute Gasteiger partial charge is 0.444 e. The molecule has 0 saturated carbocycles. The number of nitriles is 1. The van der Waals surface area contributed by atoms with Gasteiger partial charge in [-0.3, -0.25) is 0 Å². The molecule has 1 aliphatic heterocycles. The molecule has 1 N–H and O–H groups in total. The molecule has 178 valence electrons. The summed E-state index contributed by atoms with van der Waals surface area (Å²) in [5.74, 6) is 0. The topological polar surface area (TPSA) is 74.6 Å². The van der Waals surface area contributed by atoms with Gasteiger partial charge in [0, 0.05) is 18.8 Å². The number of likely N-dealkylation sites (tertiary alicyclic amines) is 1. The van der Waals surface area contributed by atoms with E-state index in [0.717, 1.165) is 17.7 Å². The molecule has 0 spiro atoms. The first-order valence-electron chi connectivity index (χ1n) is 11.2. The third kappa shape index (κ3) is 6.18. The Labute approximate surface area is 199 Å². The van der Waals surface area contributed by atoms with E-state index in [1.54, 1.807) is 11.0 Å². The Morgan fingerprint density at radius 3 is 2.44 bits per heavy atom. The van der Waals surface area contributed by atoms with Crippen LogP contribution in [0.4, 0.5) is 10.5 Å². The van der Waals surface area contributed by atoms with Gasteiger partial charge in [0.1, 0.15) is 11.7 Å². The Hall–Kier alpha value is -1.75. The lowest BCUT2D eigenvalue weighted by molar-refractivity contribution is 0.0179. The fourth-order valence-corrected chi connectivity index (χ4v) is 5.08. The summed E-state index contributed by atoms with van der Waals surface area (Å²) in [6.07, 6.45) is 0.371. The van der Waals surface area contributed by atoms with Gasteiger partial charge in [-0.05, 0) is 69.9 Å². The van der Waals surface area contributed by atoms with Crippen LogP contribution in [0.25, 0.3) is 0 Å². The molecule has 1 amide bonds. The van der Waals surface area contributed by atoms with E-state index in [1.165, 1.54) is 0 Å². The fourth-order valence-electron chi connectivity index (χ4n) is 3.48. The van der Waals surface area contributed by atoms with Crippen LogP contribution in [0.15, 0.2) is 12.1 Å². The van der Waals surface area contributed by atoms with Gasteiger partial charge in [0.2, 0.25) is 0 Å². The number of hydrogen-bond acceptors (Lipinski definition) is 5. The zero-order chi connectivity index (χ0) is 24.5. The van der Waals surface area contributed by atoms with Gasteiger partial charge in [-0.1, -0.05) is 32.4 Å². The van der Waals surface area contributed by atoms with Crippen molar-refractivity contribution in [1.82, 2.24) is 4.90 Å². The standard InChI is InChI=1S/C24H38ClN3O3Si/c1-16-18(11-10-17(14-26)21(16)25)27-15-19-20(31-32(8,9)24(5,6)7)12-13-28(19)22(29)30-23(2,3)4/h10-11,19-20,27H,12-13,15H2,1-9H3/t19?,20-/m1/s1. The Balaban J connectivity index is 2.28. The first-order valence-corrected chi connectivity index (χ1v) is 14.5. The van der Waals surface area contributed by atoms with Crippen LogP contribution in [0.5, 0.6) is 0 Å². The van der Waals surface area contributed by atoms with Crippen LogP contribution >= 0.6 is 11.6 Å². The van der Waals surface area contributed by atoms with Crippen molar-refractivity contribution in [3.63, 3.8) is 0 Å². The fraction of sp³-hybridized carbons (Fsp3) is 0.667. The molecule has 1 aromatic carbocycles. The molecule has 0 aliphatic carbocycles. The smallest absolute Gasteiger partial charge is 0.410 e. The molecule has 6 nitrogen and oxygen atoms in total. The molecule has 1 aromatic rings. The summed E-state index contributed by atoms with van der Waals surface area (Å²) in [7, 11) is -2.03. The highest BCUT2D eigenvalue weighted by molar-refractivity contribution is 6.74. The monoisotopic (exact) mass is 479 g/mol. The van der Waals surface area contributed by atoms with Gasteiger partial charge in [0.25, 0.3) is 0 Å². The van der Waals surface area contributed by atoms with Crippen molar-refractivity contribution in [3.05, 3.63) is 28.3 Å². The predicted octanol–water partition coefficient (Wildman–Crippen LogP) is 6.33. The molecular weight excluding hydrogens is 442 g/mol. The Morgan fingerprint density at radius 1 is 1.28 bits per heavy atom. The molecule has 1 saturated heterocycles. The Bertz CT molecular complexity index is 884. The van der Waals surface area contributed by atoms with E-state index in [0.29, 0.717) is 23.7 Å². The van der Waals surface area contributed by atoms with Crippen LogP contribution in [0.3, 0.4) is 0 Å². The van der Waals surface area contributed by atoms with E-state index >= 15 is 0 Å². The van der Waals surface area contributed by atoms with Gasteiger partial charge < -0.3 is 19.4 Å².